The van der Waals surface area contributed by atoms with Gasteiger partial charge in [0.2, 0.25) is 0 Å². The van der Waals surface area contributed by atoms with Crippen LogP contribution in [-0.2, 0) is 14.4 Å². The molecule has 2 unspecified atom stereocenters. The first-order valence-corrected chi connectivity index (χ1v) is 7.59. The summed E-state index contributed by atoms with van der Waals surface area (Å²) in [4.78, 5) is 33.5. The molecule has 0 aromatic rings. The molecule has 0 heterocycles. The molecular formula is C12H21NO7S. The summed E-state index contributed by atoms with van der Waals surface area (Å²) < 4.78 is 0. The van der Waals surface area contributed by atoms with Gasteiger partial charge in [0.05, 0.1) is 19.2 Å². The second kappa shape index (κ2) is 10.4. The lowest BCUT2D eigenvalue weighted by atomic mass is 10.2. The summed E-state index contributed by atoms with van der Waals surface area (Å²) in [7, 11) is 0. The van der Waals surface area contributed by atoms with E-state index in [1.807, 2.05) is 6.92 Å². The van der Waals surface area contributed by atoms with Gasteiger partial charge in [0, 0.05) is 5.75 Å². The molecule has 0 rings (SSSR count). The molecule has 0 spiro atoms. The number of carboxylic acids is 3. The Morgan fingerprint density at radius 2 is 1.62 bits per heavy atom. The summed E-state index contributed by atoms with van der Waals surface area (Å²) in [5, 5.41) is 36.0. The van der Waals surface area contributed by atoms with Gasteiger partial charge >= 0.3 is 17.9 Å². The summed E-state index contributed by atoms with van der Waals surface area (Å²) in [6.45, 7) is 0.532. The van der Waals surface area contributed by atoms with Gasteiger partial charge in [-0.2, -0.15) is 11.8 Å². The van der Waals surface area contributed by atoms with Gasteiger partial charge in [0.1, 0.15) is 6.04 Å². The van der Waals surface area contributed by atoms with Crippen molar-refractivity contribution in [2.24, 2.45) is 0 Å². The highest BCUT2D eigenvalue weighted by atomic mass is 32.2. The number of carboxylic acid groups (broad SMARTS) is 3. The molecule has 2 atom stereocenters. The highest BCUT2D eigenvalue weighted by molar-refractivity contribution is 7.99. The van der Waals surface area contributed by atoms with Crippen molar-refractivity contribution < 1.29 is 34.8 Å². The summed E-state index contributed by atoms with van der Waals surface area (Å²) in [6, 6.07) is -1.18. The number of aliphatic carboxylic acids is 3. The number of carbonyl (C=O) groups is 3. The molecule has 0 aliphatic heterocycles. The normalized spacial score (nSPS) is 13.9. The Balaban J connectivity index is 4.55. The van der Waals surface area contributed by atoms with Gasteiger partial charge in [-0.05, 0) is 18.6 Å². The van der Waals surface area contributed by atoms with Crippen LogP contribution in [0.1, 0.15) is 19.8 Å². The van der Waals surface area contributed by atoms with Crippen molar-refractivity contribution in [1.29, 1.82) is 0 Å². The number of rotatable bonds is 12. The van der Waals surface area contributed by atoms with Crippen molar-refractivity contribution in [3.05, 3.63) is 0 Å². The Bertz CT molecular complexity index is 348. The fourth-order valence-corrected chi connectivity index (χ4v) is 2.68. The molecular weight excluding hydrogens is 302 g/mol. The maximum absolute atomic E-state index is 11.2. The fourth-order valence-electron chi connectivity index (χ4n) is 1.62. The molecule has 0 aliphatic carbocycles. The monoisotopic (exact) mass is 323 g/mol. The molecule has 4 N–H and O–H groups in total. The van der Waals surface area contributed by atoms with Crippen molar-refractivity contribution >= 4 is 29.7 Å². The van der Waals surface area contributed by atoms with Crippen molar-refractivity contribution in [2.75, 3.05) is 24.6 Å². The predicted octanol–water partition coefficient (Wildman–Crippen LogP) is -0.195. The third-order valence-electron chi connectivity index (χ3n) is 2.72. The summed E-state index contributed by atoms with van der Waals surface area (Å²) in [5.74, 6) is -2.97. The zero-order chi connectivity index (χ0) is 16.4. The zero-order valence-electron chi connectivity index (χ0n) is 11.8. The quantitative estimate of drug-likeness (QED) is 0.360. The van der Waals surface area contributed by atoms with Crippen LogP contribution >= 0.6 is 11.8 Å². The fraction of sp³-hybridized carbons (Fsp3) is 0.750. The van der Waals surface area contributed by atoms with E-state index in [0.717, 1.165) is 4.90 Å². The Morgan fingerprint density at radius 3 is 2.00 bits per heavy atom. The smallest absolute Gasteiger partial charge is 0.320 e. The Morgan fingerprint density at radius 1 is 1.10 bits per heavy atom. The van der Waals surface area contributed by atoms with Crippen LogP contribution in [0.25, 0.3) is 0 Å². The van der Waals surface area contributed by atoms with E-state index in [4.69, 9.17) is 15.3 Å². The lowest BCUT2D eigenvalue weighted by molar-refractivity contribution is -0.149. The molecule has 0 saturated carbocycles. The minimum absolute atomic E-state index is 0.108. The SMILES string of the molecule is CCC(O)CSCCC(C(=O)O)N(CC(=O)O)CC(=O)O. The van der Waals surface area contributed by atoms with Crippen molar-refractivity contribution in [1.82, 2.24) is 4.90 Å². The first-order valence-electron chi connectivity index (χ1n) is 6.44. The van der Waals surface area contributed by atoms with Crippen LogP contribution in [0.5, 0.6) is 0 Å². The molecule has 0 aromatic heterocycles. The molecule has 122 valence electrons. The molecule has 9 heteroatoms. The minimum atomic E-state index is -1.28. The average Bonchev–Trinajstić information content (AvgIpc) is 2.35. The van der Waals surface area contributed by atoms with Gasteiger partial charge in [-0.15, -0.1) is 0 Å². The topological polar surface area (TPSA) is 135 Å². The molecule has 0 radical (unpaired) electrons. The maximum atomic E-state index is 11.2. The second-order valence-electron chi connectivity index (χ2n) is 4.47. The van der Waals surface area contributed by atoms with E-state index in [9.17, 15) is 19.5 Å². The van der Waals surface area contributed by atoms with Gasteiger partial charge < -0.3 is 20.4 Å². The number of hydrogen-bond donors (Lipinski definition) is 4. The highest BCUT2D eigenvalue weighted by Gasteiger charge is 2.28. The molecule has 0 amide bonds. The first kappa shape index (κ1) is 19.7. The van der Waals surface area contributed by atoms with Crippen molar-refractivity contribution in [3.63, 3.8) is 0 Å². The van der Waals surface area contributed by atoms with Crippen LogP contribution in [0, 0.1) is 0 Å². The summed E-state index contributed by atoms with van der Waals surface area (Å²) in [5.41, 5.74) is 0. The van der Waals surface area contributed by atoms with Gasteiger partial charge in [-0.3, -0.25) is 19.3 Å². The van der Waals surface area contributed by atoms with Crippen LogP contribution in [0.3, 0.4) is 0 Å². The summed E-state index contributed by atoms with van der Waals surface area (Å²) in [6.07, 6.45) is 0.240. The largest absolute Gasteiger partial charge is 0.480 e. The molecule has 21 heavy (non-hydrogen) atoms. The Labute approximate surface area is 126 Å². The van der Waals surface area contributed by atoms with Crippen molar-refractivity contribution in [3.8, 4) is 0 Å². The van der Waals surface area contributed by atoms with E-state index in [1.54, 1.807) is 0 Å². The van der Waals surface area contributed by atoms with Gasteiger partial charge in [-0.25, -0.2) is 0 Å². The number of aliphatic hydroxyl groups excluding tert-OH is 1. The van der Waals surface area contributed by atoms with E-state index in [-0.39, 0.29) is 6.42 Å². The number of thioether (sulfide) groups is 1. The third-order valence-corrected chi connectivity index (χ3v) is 3.86. The van der Waals surface area contributed by atoms with Gasteiger partial charge in [0.25, 0.3) is 0 Å². The predicted molar refractivity (Wildman–Crippen MR) is 76.5 cm³/mol. The van der Waals surface area contributed by atoms with Crippen LogP contribution in [0.2, 0.25) is 0 Å². The van der Waals surface area contributed by atoms with Crippen LogP contribution in [0.15, 0.2) is 0 Å². The number of hydrogen-bond acceptors (Lipinski definition) is 6. The molecule has 8 nitrogen and oxygen atoms in total. The Hall–Kier alpha value is -1.32. The minimum Gasteiger partial charge on any atom is -0.480 e. The van der Waals surface area contributed by atoms with Crippen LogP contribution < -0.4 is 0 Å². The second-order valence-corrected chi connectivity index (χ2v) is 5.62. The average molecular weight is 323 g/mol. The highest BCUT2D eigenvalue weighted by Crippen LogP contribution is 2.12. The van der Waals surface area contributed by atoms with E-state index in [2.05, 4.69) is 0 Å². The maximum Gasteiger partial charge on any atom is 0.320 e. The third kappa shape index (κ3) is 9.27. The van der Waals surface area contributed by atoms with Crippen LogP contribution in [-0.4, -0.2) is 80.0 Å². The van der Waals surface area contributed by atoms with E-state index < -0.39 is 43.1 Å². The van der Waals surface area contributed by atoms with E-state index in [0.29, 0.717) is 17.9 Å². The van der Waals surface area contributed by atoms with E-state index in [1.165, 1.54) is 11.8 Å². The first-order chi connectivity index (χ1) is 9.77. The zero-order valence-corrected chi connectivity index (χ0v) is 12.6. The number of nitrogens with zero attached hydrogens (tertiary/aromatic N) is 1. The summed E-state index contributed by atoms with van der Waals surface area (Å²) >= 11 is 1.35. The molecule has 0 bridgehead atoms. The number of aliphatic hydroxyl groups is 1. The van der Waals surface area contributed by atoms with Gasteiger partial charge in [-0.1, -0.05) is 6.92 Å². The van der Waals surface area contributed by atoms with Gasteiger partial charge in [0.15, 0.2) is 0 Å². The Kier molecular flexibility index (Phi) is 9.76. The molecule has 0 aromatic carbocycles. The lowest BCUT2D eigenvalue weighted by Gasteiger charge is -2.25. The van der Waals surface area contributed by atoms with E-state index >= 15 is 0 Å². The molecule has 0 saturated heterocycles. The van der Waals surface area contributed by atoms with Crippen molar-refractivity contribution in [2.45, 2.75) is 31.9 Å². The van der Waals surface area contributed by atoms with Crippen LogP contribution in [0.4, 0.5) is 0 Å². The standard InChI is InChI=1S/C12H21NO7S/c1-2-8(14)7-21-4-3-9(12(19)20)13(5-10(15)16)6-11(17)18/h8-9,14H,2-7H2,1H3,(H,15,16)(H,17,18)(H,19,20). The lowest BCUT2D eigenvalue weighted by Crippen LogP contribution is -2.46. The molecule has 0 aliphatic rings. The molecule has 0 fully saturated rings.